The van der Waals surface area contributed by atoms with Gasteiger partial charge in [0, 0.05) is 11.7 Å². The minimum Gasteiger partial charge on any atom is -0.469 e. The molecule has 3 fully saturated rings. The topological polar surface area (TPSA) is 43.4 Å². The summed E-state index contributed by atoms with van der Waals surface area (Å²) in [5, 5.41) is 0.151. The fourth-order valence-corrected chi connectivity index (χ4v) is 4.20. The maximum atomic E-state index is 11.3. The average molecular weight is 200 g/mol. The van der Waals surface area contributed by atoms with E-state index in [2.05, 4.69) is 0 Å². The van der Waals surface area contributed by atoms with E-state index in [-0.39, 0.29) is 21.2 Å². The lowest BCUT2D eigenvalue weighted by molar-refractivity contribution is -0.181. The zero-order valence-corrected chi connectivity index (χ0v) is 8.57. The van der Waals surface area contributed by atoms with Crippen molar-refractivity contribution in [3.63, 3.8) is 0 Å². The normalized spacial score (nSPS) is 40.2. The highest BCUT2D eigenvalue weighted by molar-refractivity contribution is 8.14. The Balaban J connectivity index is 1.93. The van der Waals surface area contributed by atoms with Crippen LogP contribution in [0.5, 0.6) is 0 Å². The third-order valence-electron chi connectivity index (χ3n) is 2.96. The highest BCUT2D eigenvalue weighted by atomic mass is 32.2. The first kappa shape index (κ1) is 9.06. The molecule has 0 spiro atoms. The molecule has 0 saturated heterocycles. The molecule has 0 N–H and O–H groups in total. The van der Waals surface area contributed by atoms with Crippen molar-refractivity contribution in [1.29, 1.82) is 0 Å². The van der Waals surface area contributed by atoms with E-state index in [1.54, 1.807) is 6.92 Å². The Bertz CT molecular complexity index is 265. The standard InChI is InChI=1S/C9H12O3S/c1-6(10)13-9-3-8(4-9,5-9)7(11)12-2/h3-5H2,1-2H3. The van der Waals surface area contributed by atoms with Crippen molar-refractivity contribution in [2.45, 2.75) is 30.9 Å². The van der Waals surface area contributed by atoms with E-state index in [0.29, 0.717) is 0 Å². The van der Waals surface area contributed by atoms with Crippen LogP contribution in [0.2, 0.25) is 0 Å². The summed E-state index contributed by atoms with van der Waals surface area (Å²) >= 11 is 1.39. The molecule has 0 aliphatic heterocycles. The molecule has 3 saturated carbocycles. The number of rotatable bonds is 2. The number of hydrogen-bond acceptors (Lipinski definition) is 4. The minimum atomic E-state index is -0.211. The van der Waals surface area contributed by atoms with Crippen LogP contribution in [0.25, 0.3) is 0 Å². The molecule has 4 heteroatoms. The van der Waals surface area contributed by atoms with Crippen molar-refractivity contribution in [2.75, 3.05) is 7.11 Å². The molecule has 3 rings (SSSR count). The number of carbonyl (C=O) groups is 2. The van der Waals surface area contributed by atoms with Gasteiger partial charge in [0.05, 0.1) is 12.5 Å². The summed E-state index contributed by atoms with van der Waals surface area (Å²) in [6.45, 7) is 1.58. The van der Waals surface area contributed by atoms with Crippen LogP contribution in [0.15, 0.2) is 0 Å². The number of hydrogen-bond donors (Lipinski definition) is 0. The summed E-state index contributed by atoms with van der Waals surface area (Å²) in [5.74, 6) is -0.0986. The zero-order valence-electron chi connectivity index (χ0n) is 7.75. The third-order valence-corrected chi connectivity index (χ3v) is 4.11. The number of methoxy groups -OCH3 is 1. The van der Waals surface area contributed by atoms with Gasteiger partial charge in [-0.25, -0.2) is 0 Å². The van der Waals surface area contributed by atoms with Gasteiger partial charge in [0.2, 0.25) is 0 Å². The highest BCUT2D eigenvalue weighted by Crippen LogP contribution is 2.73. The van der Waals surface area contributed by atoms with Crippen molar-refractivity contribution < 1.29 is 14.3 Å². The molecule has 2 bridgehead atoms. The van der Waals surface area contributed by atoms with Crippen LogP contribution in [-0.2, 0) is 14.3 Å². The first-order valence-electron chi connectivity index (χ1n) is 4.30. The molecule has 3 aliphatic rings. The highest BCUT2D eigenvalue weighted by Gasteiger charge is 2.73. The largest absolute Gasteiger partial charge is 0.469 e. The van der Waals surface area contributed by atoms with Crippen molar-refractivity contribution in [3.8, 4) is 0 Å². The van der Waals surface area contributed by atoms with E-state index >= 15 is 0 Å². The molecule has 3 nitrogen and oxygen atoms in total. The fourth-order valence-electron chi connectivity index (χ4n) is 2.54. The number of ether oxygens (including phenoxy) is 1. The smallest absolute Gasteiger partial charge is 0.311 e. The van der Waals surface area contributed by atoms with Gasteiger partial charge in [-0.05, 0) is 19.3 Å². The second kappa shape index (κ2) is 2.50. The van der Waals surface area contributed by atoms with E-state index < -0.39 is 0 Å². The Morgan fingerprint density at radius 3 is 2.23 bits per heavy atom. The van der Waals surface area contributed by atoms with E-state index in [4.69, 9.17) is 4.74 Å². The molecule has 0 amide bonds. The van der Waals surface area contributed by atoms with Crippen LogP contribution < -0.4 is 0 Å². The van der Waals surface area contributed by atoms with Gasteiger partial charge < -0.3 is 4.74 Å². The van der Waals surface area contributed by atoms with Gasteiger partial charge in [0.15, 0.2) is 5.12 Å². The van der Waals surface area contributed by atoms with Crippen LogP contribution in [0.3, 0.4) is 0 Å². The van der Waals surface area contributed by atoms with Gasteiger partial charge >= 0.3 is 5.97 Å². The van der Waals surface area contributed by atoms with Crippen molar-refractivity contribution in [3.05, 3.63) is 0 Å². The predicted molar refractivity (Wildman–Crippen MR) is 49.3 cm³/mol. The lowest BCUT2D eigenvalue weighted by Gasteiger charge is -2.67. The molecule has 13 heavy (non-hydrogen) atoms. The second-order valence-electron chi connectivity index (χ2n) is 4.08. The number of thioether (sulfide) groups is 1. The fraction of sp³-hybridized carbons (Fsp3) is 0.778. The van der Waals surface area contributed by atoms with Crippen LogP contribution in [0, 0.1) is 5.41 Å². The lowest BCUT2D eigenvalue weighted by atomic mass is 9.43. The monoisotopic (exact) mass is 200 g/mol. The SMILES string of the molecule is COC(=O)C12CC(SC(C)=O)(C1)C2. The Kier molecular flexibility index (Phi) is 1.74. The Morgan fingerprint density at radius 2 is 1.85 bits per heavy atom. The van der Waals surface area contributed by atoms with E-state index in [9.17, 15) is 9.59 Å². The third kappa shape index (κ3) is 1.11. The molecule has 0 aromatic rings. The molecule has 0 radical (unpaired) electrons. The Morgan fingerprint density at radius 1 is 1.31 bits per heavy atom. The first-order chi connectivity index (χ1) is 6.02. The number of esters is 1. The van der Waals surface area contributed by atoms with Gasteiger partial charge in [-0.2, -0.15) is 0 Å². The maximum Gasteiger partial charge on any atom is 0.311 e. The summed E-state index contributed by atoms with van der Waals surface area (Å²) in [7, 11) is 1.42. The van der Waals surface area contributed by atoms with E-state index in [1.165, 1.54) is 18.9 Å². The van der Waals surface area contributed by atoms with Gasteiger partial charge in [-0.1, -0.05) is 11.8 Å². The first-order valence-corrected chi connectivity index (χ1v) is 5.12. The minimum absolute atomic E-state index is 0.0972. The Labute approximate surface area is 81.2 Å². The second-order valence-corrected chi connectivity index (χ2v) is 5.72. The van der Waals surface area contributed by atoms with Crippen molar-refractivity contribution in [1.82, 2.24) is 0 Å². The van der Waals surface area contributed by atoms with E-state index in [1.807, 2.05) is 0 Å². The molecular formula is C9H12O3S. The summed E-state index contributed by atoms with van der Waals surface area (Å²) in [5.41, 5.74) is -0.211. The quantitative estimate of drug-likeness (QED) is 0.631. The number of carbonyl (C=O) groups excluding carboxylic acids is 2. The van der Waals surface area contributed by atoms with Gasteiger partial charge in [0.25, 0.3) is 0 Å². The Hall–Kier alpha value is -0.510. The van der Waals surface area contributed by atoms with E-state index in [0.717, 1.165) is 19.3 Å². The molecule has 0 heterocycles. The van der Waals surface area contributed by atoms with Crippen LogP contribution in [-0.4, -0.2) is 22.9 Å². The van der Waals surface area contributed by atoms with Crippen LogP contribution >= 0.6 is 11.8 Å². The lowest BCUT2D eigenvalue weighted by Crippen LogP contribution is -2.68. The molecule has 3 aliphatic carbocycles. The molecule has 0 unspecified atom stereocenters. The maximum absolute atomic E-state index is 11.3. The predicted octanol–water partition coefficient (Wildman–Crippen LogP) is 1.36. The van der Waals surface area contributed by atoms with Gasteiger partial charge in [-0.3, -0.25) is 9.59 Å². The molecule has 72 valence electrons. The van der Waals surface area contributed by atoms with Gasteiger partial charge in [0.1, 0.15) is 0 Å². The van der Waals surface area contributed by atoms with Crippen LogP contribution in [0.4, 0.5) is 0 Å². The molecule has 0 aromatic heterocycles. The van der Waals surface area contributed by atoms with Crippen LogP contribution in [0.1, 0.15) is 26.2 Å². The van der Waals surface area contributed by atoms with Crippen molar-refractivity contribution >= 4 is 22.8 Å². The summed E-state index contributed by atoms with van der Waals surface area (Å²) < 4.78 is 4.81. The van der Waals surface area contributed by atoms with Gasteiger partial charge in [-0.15, -0.1) is 0 Å². The summed E-state index contributed by atoms with van der Waals surface area (Å²) in [6.07, 6.45) is 2.49. The molecule has 0 atom stereocenters. The average Bonchev–Trinajstić information content (AvgIpc) is 1.92. The van der Waals surface area contributed by atoms with Crippen molar-refractivity contribution in [2.24, 2.45) is 5.41 Å². The molecular weight excluding hydrogens is 188 g/mol. The molecule has 0 aromatic carbocycles. The summed E-state index contributed by atoms with van der Waals surface area (Å²) in [6, 6.07) is 0. The summed E-state index contributed by atoms with van der Waals surface area (Å²) in [4.78, 5) is 22.1. The zero-order chi connectivity index (χ0) is 9.69.